The maximum absolute atomic E-state index is 13.1. The molecule has 0 atom stereocenters. The molecule has 0 bridgehead atoms. The summed E-state index contributed by atoms with van der Waals surface area (Å²) in [7, 11) is 0. The molecule has 6 nitrogen and oxygen atoms in total. The average Bonchev–Trinajstić information content (AvgIpc) is 2.83. The van der Waals surface area contributed by atoms with Crippen molar-refractivity contribution in [3.63, 3.8) is 0 Å². The molecular formula is C24H20F4N6. The Morgan fingerprint density at radius 3 is 1.85 bits per heavy atom. The van der Waals surface area contributed by atoms with Crippen LogP contribution in [-0.4, -0.2) is 15.0 Å². The average molecular weight is 468 g/mol. The summed E-state index contributed by atoms with van der Waals surface area (Å²) in [4.78, 5) is 12.9. The van der Waals surface area contributed by atoms with E-state index < -0.39 is 11.7 Å². The van der Waals surface area contributed by atoms with Gasteiger partial charge in [0.05, 0.1) is 5.56 Å². The highest BCUT2D eigenvalue weighted by Gasteiger charge is 2.30. The third-order valence-corrected chi connectivity index (χ3v) is 4.74. The first-order chi connectivity index (χ1) is 16.3. The minimum absolute atomic E-state index is 0.0616. The fraction of sp³-hybridized carbons (Fsp3) is 0.125. The Hall–Kier alpha value is -4.21. The van der Waals surface area contributed by atoms with Gasteiger partial charge in [0, 0.05) is 18.8 Å². The second kappa shape index (κ2) is 10.2. The molecule has 1 heterocycles. The Morgan fingerprint density at radius 2 is 1.24 bits per heavy atom. The first-order valence-corrected chi connectivity index (χ1v) is 10.3. The summed E-state index contributed by atoms with van der Waals surface area (Å²) in [6.07, 6.45) is -4.47. The molecule has 0 aliphatic carbocycles. The predicted octanol–water partition coefficient (Wildman–Crippen LogP) is 6.00. The van der Waals surface area contributed by atoms with E-state index in [0.717, 1.165) is 23.3 Å². The van der Waals surface area contributed by atoms with Crippen molar-refractivity contribution in [1.29, 1.82) is 0 Å². The van der Waals surface area contributed by atoms with Crippen molar-refractivity contribution < 1.29 is 17.6 Å². The lowest BCUT2D eigenvalue weighted by Crippen LogP contribution is -2.11. The predicted molar refractivity (Wildman–Crippen MR) is 122 cm³/mol. The summed E-state index contributed by atoms with van der Waals surface area (Å²) < 4.78 is 52.4. The molecule has 34 heavy (non-hydrogen) atoms. The quantitative estimate of drug-likeness (QED) is 0.276. The van der Waals surface area contributed by atoms with Crippen LogP contribution in [0.15, 0.2) is 78.9 Å². The van der Waals surface area contributed by atoms with Crippen LogP contribution in [-0.2, 0) is 19.3 Å². The monoisotopic (exact) mass is 468 g/mol. The molecule has 0 saturated carbocycles. The Kier molecular flexibility index (Phi) is 6.86. The number of nitrogens with zero attached hydrogens (tertiary/aromatic N) is 3. The molecule has 3 N–H and O–H groups in total. The van der Waals surface area contributed by atoms with Crippen LogP contribution in [0.2, 0.25) is 0 Å². The van der Waals surface area contributed by atoms with Crippen molar-refractivity contribution in [2.75, 3.05) is 16.0 Å². The molecule has 4 rings (SSSR count). The molecule has 0 aliphatic rings. The van der Waals surface area contributed by atoms with Gasteiger partial charge in [-0.2, -0.15) is 28.1 Å². The largest absolute Gasteiger partial charge is 0.416 e. The van der Waals surface area contributed by atoms with Crippen molar-refractivity contribution in [3.05, 3.63) is 101 Å². The van der Waals surface area contributed by atoms with Gasteiger partial charge in [0.1, 0.15) is 5.82 Å². The van der Waals surface area contributed by atoms with Gasteiger partial charge in [0.2, 0.25) is 17.8 Å². The zero-order chi connectivity index (χ0) is 24.0. The molecule has 1 aromatic heterocycles. The van der Waals surface area contributed by atoms with Crippen LogP contribution in [0.25, 0.3) is 0 Å². The van der Waals surface area contributed by atoms with E-state index >= 15 is 0 Å². The molecule has 0 radical (unpaired) electrons. The maximum Gasteiger partial charge on any atom is 0.416 e. The van der Waals surface area contributed by atoms with E-state index in [9.17, 15) is 17.6 Å². The number of benzene rings is 3. The van der Waals surface area contributed by atoms with Gasteiger partial charge in [0.15, 0.2) is 0 Å². The summed E-state index contributed by atoms with van der Waals surface area (Å²) in [6, 6.07) is 20.3. The van der Waals surface area contributed by atoms with Gasteiger partial charge in [-0.3, -0.25) is 0 Å². The molecule has 0 fully saturated rings. The molecule has 0 spiro atoms. The fourth-order valence-corrected chi connectivity index (χ4v) is 3.05. The van der Waals surface area contributed by atoms with Gasteiger partial charge in [-0.15, -0.1) is 0 Å². The van der Waals surface area contributed by atoms with Crippen LogP contribution in [0.5, 0.6) is 0 Å². The SMILES string of the molecule is Fc1ccc(CNc2nc(NCc3ccccc3)nc(Nc3cccc(C(F)(F)F)c3)n2)cc1. The number of hydrogen-bond acceptors (Lipinski definition) is 6. The molecular weight excluding hydrogens is 448 g/mol. The van der Waals surface area contributed by atoms with Crippen LogP contribution in [0.1, 0.15) is 16.7 Å². The number of alkyl halides is 3. The van der Waals surface area contributed by atoms with E-state index in [0.29, 0.717) is 13.1 Å². The van der Waals surface area contributed by atoms with Gasteiger partial charge < -0.3 is 16.0 Å². The number of halogens is 4. The molecule has 0 saturated heterocycles. The van der Waals surface area contributed by atoms with E-state index in [2.05, 4.69) is 30.9 Å². The van der Waals surface area contributed by atoms with E-state index in [1.165, 1.54) is 24.3 Å². The zero-order valence-corrected chi connectivity index (χ0v) is 17.8. The lowest BCUT2D eigenvalue weighted by molar-refractivity contribution is -0.137. The van der Waals surface area contributed by atoms with Gasteiger partial charge >= 0.3 is 6.18 Å². The number of rotatable bonds is 8. The Bertz CT molecular complexity index is 1230. The normalized spacial score (nSPS) is 11.2. The van der Waals surface area contributed by atoms with Gasteiger partial charge in [-0.25, -0.2) is 4.39 Å². The van der Waals surface area contributed by atoms with Crippen LogP contribution in [0, 0.1) is 5.82 Å². The second-order valence-electron chi connectivity index (χ2n) is 7.33. The number of anilines is 4. The standard InChI is InChI=1S/C24H20F4N6/c25-19-11-9-17(10-12-19)15-30-22-32-21(29-14-16-5-2-1-3-6-16)33-23(34-22)31-20-8-4-7-18(13-20)24(26,27)28/h1-13H,14-15H2,(H3,29,30,31,32,33,34). The molecule has 0 aliphatic heterocycles. The first kappa shape index (κ1) is 23.0. The second-order valence-corrected chi connectivity index (χ2v) is 7.33. The Balaban J connectivity index is 1.56. The smallest absolute Gasteiger partial charge is 0.350 e. The van der Waals surface area contributed by atoms with E-state index in [-0.39, 0.29) is 29.3 Å². The molecule has 0 amide bonds. The molecule has 4 aromatic rings. The third kappa shape index (κ3) is 6.41. The van der Waals surface area contributed by atoms with Crippen LogP contribution in [0.3, 0.4) is 0 Å². The highest BCUT2D eigenvalue weighted by Crippen LogP contribution is 2.31. The summed E-state index contributed by atoms with van der Waals surface area (Å²) in [5.41, 5.74) is 1.19. The van der Waals surface area contributed by atoms with Crippen LogP contribution < -0.4 is 16.0 Å². The minimum Gasteiger partial charge on any atom is -0.350 e. The van der Waals surface area contributed by atoms with Gasteiger partial charge in [-0.1, -0.05) is 48.5 Å². The summed E-state index contributed by atoms with van der Waals surface area (Å²) in [6.45, 7) is 0.747. The maximum atomic E-state index is 13.1. The van der Waals surface area contributed by atoms with Crippen LogP contribution >= 0.6 is 0 Å². The summed E-state index contributed by atoms with van der Waals surface area (Å²) >= 11 is 0. The highest BCUT2D eigenvalue weighted by atomic mass is 19.4. The van der Waals surface area contributed by atoms with E-state index in [1.807, 2.05) is 30.3 Å². The van der Waals surface area contributed by atoms with Gasteiger partial charge in [-0.05, 0) is 41.5 Å². The molecule has 3 aromatic carbocycles. The van der Waals surface area contributed by atoms with Crippen molar-refractivity contribution in [2.45, 2.75) is 19.3 Å². The van der Waals surface area contributed by atoms with Crippen molar-refractivity contribution in [3.8, 4) is 0 Å². The minimum atomic E-state index is -4.47. The van der Waals surface area contributed by atoms with E-state index in [4.69, 9.17) is 0 Å². The lowest BCUT2D eigenvalue weighted by atomic mass is 10.2. The summed E-state index contributed by atoms with van der Waals surface area (Å²) in [5.74, 6) is 0.148. The van der Waals surface area contributed by atoms with Gasteiger partial charge in [0.25, 0.3) is 0 Å². The van der Waals surface area contributed by atoms with E-state index in [1.54, 1.807) is 12.1 Å². The van der Waals surface area contributed by atoms with Crippen LogP contribution in [0.4, 0.5) is 41.1 Å². The zero-order valence-electron chi connectivity index (χ0n) is 17.8. The number of nitrogens with one attached hydrogen (secondary N) is 3. The van der Waals surface area contributed by atoms with Crippen molar-refractivity contribution in [1.82, 2.24) is 15.0 Å². The summed E-state index contributed by atoms with van der Waals surface area (Å²) in [5, 5.41) is 8.94. The third-order valence-electron chi connectivity index (χ3n) is 4.74. The van der Waals surface area contributed by atoms with Crippen molar-refractivity contribution in [2.24, 2.45) is 0 Å². The topological polar surface area (TPSA) is 74.8 Å². The Morgan fingerprint density at radius 1 is 0.647 bits per heavy atom. The molecule has 0 unspecified atom stereocenters. The first-order valence-electron chi connectivity index (χ1n) is 10.3. The number of hydrogen-bond donors (Lipinski definition) is 3. The number of aromatic nitrogens is 3. The van der Waals surface area contributed by atoms with Crippen molar-refractivity contribution >= 4 is 23.5 Å². The highest BCUT2D eigenvalue weighted by molar-refractivity contribution is 5.57. The lowest BCUT2D eigenvalue weighted by Gasteiger charge is -2.13. The molecule has 10 heteroatoms. The molecule has 174 valence electrons. The Labute approximate surface area is 193 Å². The fourth-order valence-electron chi connectivity index (χ4n) is 3.05.